The van der Waals surface area contributed by atoms with Gasteiger partial charge >= 0.3 is 8.25 Å². The van der Waals surface area contributed by atoms with Crippen LogP contribution in [-0.4, -0.2) is 16.8 Å². The van der Waals surface area contributed by atoms with Crippen LogP contribution in [0.2, 0.25) is 0 Å². The summed E-state index contributed by atoms with van der Waals surface area (Å²) in [5.41, 5.74) is 0. The highest BCUT2D eigenvalue weighted by Gasteiger charge is 2.09. The Balaban J connectivity index is 2.89. The zero-order valence-corrected chi connectivity index (χ0v) is 11.6. The summed E-state index contributed by atoms with van der Waals surface area (Å²) in [5, 5.41) is 1.11. The average Bonchev–Trinajstić information content (AvgIpc) is 2.20. The summed E-state index contributed by atoms with van der Waals surface area (Å²) in [4.78, 5) is 8.36. The van der Waals surface area contributed by atoms with Crippen LogP contribution in [0.25, 0.3) is 0 Å². The van der Waals surface area contributed by atoms with Crippen LogP contribution in [0.3, 0.4) is 0 Å². The van der Waals surface area contributed by atoms with Crippen molar-refractivity contribution in [2.45, 2.75) is 51.4 Å². The van der Waals surface area contributed by atoms with E-state index in [1.807, 2.05) is 0 Å². The second kappa shape index (κ2) is 12.6. The normalized spacial score (nSPS) is 11.7. The van der Waals surface area contributed by atoms with Crippen LogP contribution in [0.15, 0.2) is 0 Å². The first-order valence-electron chi connectivity index (χ1n) is 5.62. The van der Waals surface area contributed by atoms with Gasteiger partial charge in [0.05, 0.1) is 0 Å². The lowest BCUT2D eigenvalue weighted by Gasteiger charge is -1.99. The number of alkyl halides is 1. The summed E-state index contributed by atoms with van der Waals surface area (Å²) in [6.07, 6.45) is 9.70. The molecule has 90 valence electrons. The highest BCUT2D eigenvalue weighted by atomic mass is 79.9. The molecule has 0 amide bonds. The Morgan fingerprint density at radius 2 is 1.40 bits per heavy atom. The minimum atomic E-state index is -2.39. The minimum Gasteiger partial charge on any atom is -0.133 e. The Morgan fingerprint density at radius 1 is 0.933 bits per heavy atom. The molecule has 0 spiro atoms. The topological polar surface area (TPSA) is 46.5 Å². The van der Waals surface area contributed by atoms with Gasteiger partial charge in [-0.3, -0.25) is 0 Å². The summed E-state index contributed by atoms with van der Waals surface area (Å²) in [7, 11) is -2.39. The number of rotatable bonds is 11. The molecule has 0 aliphatic heterocycles. The minimum absolute atomic E-state index is 0.412. The number of halogens is 1. The summed E-state index contributed by atoms with van der Waals surface area (Å²) >= 11 is 3.41. The molecular weight excluding hydrogens is 279 g/mol. The second-order valence-electron chi connectivity index (χ2n) is 3.59. The van der Waals surface area contributed by atoms with E-state index in [9.17, 15) is 4.57 Å². The molecule has 1 atom stereocenters. The fourth-order valence-electron chi connectivity index (χ4n) is 1.40. The largest absolute Gasteiger partial charge is 0.694 e. The van der Waals surface area contributed by atoms with Gasteiger partial charge in [0.25, 0.3) is 0 Å². The van der Waals surface area contributed by atoms with Crippen LogP contribution in [-0.2, 0) is 9.09 Å². The van der Waals surface area contributed by atoms with Crippen molar-refractivity contribution in [3.05, 3.63) is 0 Å². The first-order chi connectivity index (χ1) is 7.27. The fourth-order valence-corrected chi connectivity index (χ4v) is 2.08. The number of unbranched alkanes of at least 4 members (excludes halogenated alkanes) is 7. The first-order valence-corrected chi connectivity index (χ1v) is 7.87. The van der Waals surface area contributed by atoms with Gasteiger partial charge in [0.15, 0.2) is 0 Å². The Kier molecular flexibility index (Phi) is 13.0. The highest BCUT2D eigenvalue weighted by molar-refractivity contribution is 9.09. The van der Waals surface area contributed by atoms with E-state index in [2.05, 4.69) is 20.5 Å². The van der Waals surface area contributed by atoms with Gasteiger partial charge < -0.3 is 0 Å². The Labute approximate surface area is 102 Å². The third-order valence-corrected chi connectivity index (χ3v) is 3.19. The lowest BCUT2D eigenvalue weighted by atomic mass is 10.1. The van der Waals surface area contributed by atoms with Gasteiger partial charge in [-0.25, -0.2) is 0 Å². The molecule has 1 unspecified atom stereocenters. The maximum Gasteiger partial charge on any atom is 0.694 e. The zero-order chi connectivity index (χ0) is 11.4. The third kappa shape index (κ3) is 14.5. The molecule has 0 heterocycles. The van der Waals surface area contributed by atoms with Crippen LogP contribution in [0, 0.1) is 0 Å². The van der Waals surface area contributed by atoms with Gasteiger partial charge in [0.2, 0.25) is 0 Å². The van der Waals surface area contributed by atoms with Crippen molar-refractivity contribution in [2.75, 3.05) is 11.9 Å². The van der Waals surface area contributed by atoms with Crippen molar-refractivity contribution in [2.24, 2.45) is 0 Å². The average molecular weight is 300 g/mol. The van der Waals surface area contributed by atoms with Crippen LogP contribution in [0.4, 0.5) is 0 Å². The maximum absolute atomic E-state index is 10.2. The lowest BCUT2D eigenvalue weighted by Crippen LogP contribution is -1.87. The molecule has 0 bridgehead atoms. The fraction of sp³-hybridized carbons (Fsp3) is 1.00. The lowest BCUT2D eigenvalue weighted by molar-refractivity contribution is 0.273. The molecule has 0 rings (SSSR count). The first kappa shape index (κ1) is 15.5. The number of hydrogen-bond donors (Lipinski definition) is 1. The van der Waals surface area contributed by atoms with Crippen molar-refractivity contribution < 1.29 is 14.0 Å². The van der Waals surface area contributed by atoms with E-state index in [0.717, 1.165) is 18.2 Å². The van der Waals surface area contributed by atoms with E-state index >= 15 is 0 Å². The monoisotopic (exact) mass is 299 g/mol. The molecular formula is C10H21BrO3P+. The van der Waals surface area contributed by atoms with Crippen molar-refractivity contribution in [3.8, 4) is 0 Å². The Morgan fingerprint density at radius 3 is 1.87 bits per heavy atom. The molecule has 0 aliphatic carbocycles. The third-order valence-electron chi connectivity index (χ3n) is 2.23. The van der Waals surface area contributed by atoms with Crippen LogP contribution >= 0.6 is 24.2 Å². The predicted molar refractivity (Wildman–Crippen MR) is 66.5 cm³/mol. The number of hydrogen-bond acceptors (Lipinski definition) is 2. The molecule has 0 aromatic carbocycles. The maximum atomic E-state index is 10.2. The van der Waals surface area contributed by atoms with E-state index in [0.29, 0.717) is 6.61 Å². The van der Waals surface area contributed by atoms with Gasteiger partial charge in [0, 0.05) is 9.90 Å². The Bertz CT molecular complexity index is 156. The summed E-state index contributed by atoms with van der Waals surface area (Å²) in [5.74, 6) is 0. The van der Waals surface area contributed by atoms with Gasteiger partial charge in [0.1, 0.15) is 6.61 Å². The molecule has 15 heavy (non-hydrogen) atoms. The molecule has 1 N–H and O–H groups in total. The molecule has 0 fully saturated rings. The molecule has 5 heteroatoms. The predicted octanol–water partition coefficient (Wildman–Crippen LogP) is 4.17. The summed E-state index contributed by atoms with van der Waals surface area (Å²) in [6.45, 7) is 0.412. The smallest absolute Gasteiger partial charge is 0.133 e. The van der Waals surface area contributed by atoms with E-state index in [1.54, 1.807) is 0 Å². The summed E-state index contributed by atoms with van der Waals surface area (Å²) < 4.78 is 14.7. The molecule has 0 aromatic rings. The zero-order valence-electron chi connectivity index (χ0n) is 9.16. The summed E-state index contributed by atoms with van der Waals surface area (Å²) in [6, 6.07) is 0. The van der Waals surface area contributed by atoms with E-state index in [4.69, 9.17) is 4.89 Å². The highest BCUT2D eigenvalue weighted by Crippen LogP contribution is 2.15. The van der Waals surface area contributed by atoms with E-state index in [-0.39, 0.29) is 0 Å². The van der Waals surface area contributed by atoms with Gasteiger partial charge in [-0.05, 0) is 12.8 Å². The SMILES string of the molecule is O=[P+](O)OCCCCCCCCCCBr. The molecule has 0 saturated carbocycles. The molecule has 0 aromatic heterocycles. The van der Waals surface area contributed by atoms with Crippen LogP contribution in [0.1, 0.15) is 51.4 Å². The molecule has 0 saturated heterocycles. The van der Waals surface area contributed by atoms with E-state index < -0.39 is 8.25 Å². The standard InChI is InChI=1S/C10H20BrO3P/c11-9-7-5-3-1-2-4-6-8-10-14-15(12)13/h1-10H2/p+1. The van der Waals surface area contributed by atoms with Gasteiger partial charge in [-0.15, -0.1) is 9.42 Å². The van der Waals surface area contributed by atoms with Crippen molar-refractivity contribution >= 4 is 24.2 Å². The van der Waals surface area contributed by atoms with Crippen molar-refractivity contribution in [1.29, 1.82) is 0 Å². The molecule has 3 nitrogen and oxygen atoms in total. The van der Waals surface area contributed by atoms with Crippen molar-refractivity contribution in [1.82, 2.24) is 0 Å². The van der Waals surface area contributed by atoms with Crippen LogP contribution < -0.4 is 0 Å². The van der Waals surface area contributed by atoms with Gasteiger partial charge in [-0.1, -0.05) is 54.5 Å². The molecule has 0 radical (unpaired) electrons. The van der Waals surface area contributed by atoms with Gasteiger partial charge in [-0.2, -0.15) is 0 Å². The second-order valence-corrected chi connectivity index (χ2v) is 5.12. The molecule has 0 aliphatic rings. The quantitative estimate of drug-likeness (QED) is 0.354. The Hall–Kier alpha value is 0.500. The van der Waals surface area contributed by atoms with Crippen LogP contribution in [0.5, 0.6) is 0 Å². The van der Waals surface area contributed by atoms with Crippen molar-refractivity contribution in [3.63, 3.8) is 0 Å². The van der Waals surface area contributed by atoms with E-state index in [1.165, 1.54) is 38.5 Å².